The molecule has 1 unspecified atom stereocenters. The van der Waals surface area contributed by atoms with Crippen molar-refractivity contribution in [3.05, 3.63) is 0 Å². The second-order valence-corrected chi connectivity index (χ2v) is 25.5. The van der Waals surface area contributed by atoms with Crippen LogP contribution in [0.25, 0.3) is 0 Å². The Morgan fingerprint density at radius 2 is 1.72 bits per heavy atom. The van der Waals surface area contributed by atoms with E-state index < -0.39 is 24.0 Å². The van der Waals surface area contributed by atoms with Gasteiger partial charge in [-0.15, -0.1) is 0 Å². The molecular weight excluding hydrogens is 276 g/mol. The molecule has 1 heterocycles. The maximum Gasteiger partial charge on any atom is 0.334 e. The molecule has 1 atom stereocenters. The van der Waals surface area contributed by atoms with Gasteiger partial charge in [0.25, 0.3) is 0 Å². The highest BCUT2D eigenvalue weighted by Gasteiger charge is 2.47. The summed E-state index contributed by atoms with van der Waals surface area (Å²) in [5, 5.41) is 0. The molecule has 1 saturated heterocycles. The molecule has 108 valence electrons. The van der Waals surface area contributed by atoms with E-state index in [1.165, 1.54) is 12.5 Å². The molecule has 1 rings (SSSR count). The Bertz CT molecular complexity index is 278. The summed E-state index contributed by atoms with van der Waals surface area (Å²) in [6.07, 6.45) is 2.79. The summed E-state index contributed by atoms with van der Waals surface area (Å²) < 4.78 is 17.6. The predicted octanol–water partition coefficient (Wildman–Crippen LogP) is 3.52. The lowest BCUT2D eigenvalue weighted by molar-refractivity contribution is 0.172. The minimum atomic E-state index is -1.92. The molecule has 6 heteroatoms. The first-order valence-corrected chi connectivity index (χ1v) is 16.6. The Hall–Kier alpha value is 0.531. The van der Waals surface area contributed by atoms with E-state index >= 15 is 0 Å². The average molecular weight is 307 g/mol. The summed E-state index contributed by atoms with van der Waals surface area (Å²) in [6, 6.07) is 2.46. The minimum absolute atomic E-state index is 0.448. The highest BCUT2D eigenvalue weighted by molar-refractivity contribution is 7.38. The van der Waals surface area contributed by atoms with Gasteiger partial charge in [-0.3, -0.25) is 0 Å². The molecule has 0 spiro atoms. The van der Waals surface area contributed by atoms with Crippen molar-refractivity contribution in [2.24, 2.45) is 0 Å². The van der Waals surface area contributed by atoms with Gasteiger partial charge < -0.3 is 13.3 Å². The van der Waals surface area contributed by atoms with Crippen molar-refractivity contribution in [2.45, 2.75) is 63.8 Å². The van der Waals surface area contributed by atoms with E-state index in [-0.39, 0.29) is 0 Å². The third kappa shape index (κ3) is 3.77. The van der Waals surface area contributed by atoms with Gasteiger partial charge >= 0.3 is 8.56 Å². The summed E-state index contributed by atoms with van der Waals surface area (Å²) >= 11 is 0. The van der Waals surface area contributed by atoms with E-state index in [1.807, 2.05) is 0 Å². The van der Waals surface area contributed by atoms with Gasteiger partial charge in [-0.1, -0.05) is 19.1 Å². The molecule has 1 aliphatic heterocycles. The maximum atomic E-state index is 6.49. The van der Waals surface area contributed by atoms with Crippen LogP contribution in [0.4, 0.5) is 0 Å². The van der Waals surface area contributed by atoms with Crippen LogP contribution >= 0.6 is 0 Å². The Morgan fingerprint density at radius 3 is 2.17 bits per heavy atom. The lowest BCUT2D eigenvalue weighted by Gasteiger charge is -2.46. The zero-order chi connectivity index (χ0) is 14.0. The fraction of sp³-hybridized carbons (Fsp3) is 1.00. The van der Waals surface area contributed by atoms with Crippen LogP contribution in [0.2, 0.25) is 44.8 Å². The first-order chi connectivity index (χ1) is 8.16. The van der Waals surface area contributed by atoms with E-state index in [4.69, 9.17) is 13.3 Å². The predicted molar refractivity (Wildman–Crippen MR) is 84.3 cm³/mol. The second-order valence-electron chi connectivity index (χ2n) is 6.75. The van der Waals surface area contributed by atoms with Crippen LogP contribution in [0, 0.1) is 0 Å². The fourth-order valence-electron chi connectivity index (χ4n) is 2.37. The largest absolute Gasteiger partial charge is 0.417 e. The molecule has 0 radical (unpaired) electrons. The molecule has 0 bridgehead atoms. The van der Waals surface area contributed by atoms with E-state index in [9.17, 15) is 0 Å². The third-order valence-corrected chi connectivity index (χ3v) is 24.5. The third-order valence-electron chi connectivity index (χ3n) is 4.97. The van der Waals surface area contributed by atoms with Gasteiger partial charge in [0.2, 0.25) is 0 Å². The van der Waals surface area contributed by atoms with Crippen molar-refractivity contribution in [3.63, 3.8) is 0 Å². The van der Waals surface area contributed by atoms with Crippen LogP contribution in [-0.2, 0) is 13.3 Å². The minimum Gasteiger partial charge on any atom is -0.417 e. The smallest absolute Gasteiger partial charge is 0.334 e. The van der Waals surface area contributed by atoms with Gasteiger partial charge in [0, 0.05) is 20.3 Å². The average Bonchev–Trinajstić information content (AvgIpc) is 2.30. The second kappa shape index (κ2) is 5.89. The van der Waals surface area contributed by atoms with Crippen molar-refractivity contribution in [2.75, 3.05) is 14.2 Å². The van der Waals surface area contributed by atoms with Crippen LogP contribution in [0.3, 0.4) is 0 Å². The van der Waals surface area contributed by atoms with Gasteiger partial charge in [-0.25, -0.2) is 0 Å². The molecule has 0 aromatic carbocycles. The molecule has 18 heavy (non-hydrogen) atoms. The van der Waals surface area contributed by atoms with Crippen molar-refractivity contribution in [3.8, 4) is 0 Å². The topological polar surface area (TPSA) is 27.7 Å². The van der Waals surface area contributed by atoms with Gasteiger partial charge in [0.15, 0.2) is 7.83 Å². The highest BCUT2D eigenvalue weighted by atomic mass is 29.3. The fourth-order valence-corrected chi connectivity index (χ4v) is 10.5. The normalized spacial score (nSPS) is 27.2. The summed E-state index contributed by atoms with van der Waals surface area (Å²) in [5.74, 6) is 0. The van der Waals surface area contributed by atoms with Crippen LogP contribution in [0.5, 0.6) is 0 Å². The molecule has 1 fully saturated rings. The van der Waals surface area contributed by atoms with Crippen molar-refractivity contribution in [1.82, 2.24) is 0 Å². The summed E-state index contributed by atoms with van der Waals surface area (Å²) in [4.78, 5) is 0. The van der Waals surface area contributed by atoms with Crippen LogP contribution in [0.1, 0.15) is 12.8 Å². The van der Waals surface area contributed by atoms with Crippen LogP contribution in [-0.4, -0.2) is 44.3 Å². The Labute approximate surface area is 115 Å². The molecule has 0 aromatic heterocycles. The Kier molecular flexibility index (Phi) is 5.42. The zero-order valence-corrected chi connectivity index (χ0v) is 16.1. The number of hydrogen-bond acceptors (Lipinski definition) is 3. The number of hydrogen-bond donors (Lipinski definition) is 0. The first kappa shape index (κ1) is 16.6. The maximum absolute atomic E-state index is 6.49. The molecular formula is C12H30O3Si3. The molecule has 0 saturated carbocycles. The van der Waals surface area contributed by atoms with E-state index in [1.54, 1.807) is 14.2 Å². The Balaban J connectivity index is 2.52. The van der Waals surface area contributed by atoms with E-state index in [0.717, 1.165) is 12.5 Å². The van der Waals surface area contributed by atoms with Crippen LogP contribution < -0.4 is 0 Å². The summed E-state index contributed by atoms with van der Waals surface area (Å²) in [7, 11) is -0.888. The highest BCUT2D eigenvalue weighted by Crippen LogP contribution is 2.35. The SMILES string of the molecule is CO[Si](C)(CCC1CC[Si](C)(C)[Si](C)(C)O1)OC. The first-order valence-electron chi connectivity index (χ1n) is 6.94. The molecule has 3 nitrogen and oxygen atoms in total. The van der Waals surface area contributed by atoms with Gasteiger partial charge in [0.05, 0.1) is 7.59 Å². The molecule has 0 amide bonds. The summed E-state index contributed by atoms with van der Waals surface area (Å²) in [6.45, 7) is 12.0. The van der Waals surface area contributed by atoms with Crippen molar-refractivity contribution < 1.29 is 13.3 Å². The summed E-state index contributed by atoms with van der Waals surface area (Å²) in [5.41, 5.74) is 0. The van der Waals surface area contributed by atoms with E-state index in [2.05, 4.69) is 32.7 Å². The lowest BCUT2D eigenvalue weighted by atomic mass is 10.2. The monoisotopic (exact) mass is 306 g/mol. The molecule has 1 aliphatic rings. The van der Waals surface area contributed by atoms with Gasteiger partial charge in [0.1, 0.15) is 0 Å². The van der Waals surface area contributed by atoms with Crippen molar-refractivity contribution >= 4 is 24.0 Å². The quantitative estimate of drug-likeness (QED) is 0.727. The molecule has 0 N–H and O–H groups in total. The molecule has 0 aliphatic carbocycles. The standard InChI is InChI=1S/C12H30O3Si3/c1-13-18(7,14-2)11-9-12-8-10-16(3,4)17(5,6)15-12/h12H,8-11H2,1-7H3. The Morgan fingerprint density at radius 1 is 1.17 bits per heavy atom. The van der Waals surface area contributed by atoms with E-state index in [0.29, 0.717) is 6.10 Å². The van der Waals surface area contributed by atoms with Crippen molar-refractivity contribution in [1.29, 1.82) is 0 Å². The van der Waals surface area contributed by atoms with Crippen LogP contribution in [0.15, 0.2) is 0 Å². The van der Waals surface area contributed by atoms with Gasteiger partial charge in [-0.2, -0.15) is 0 Å². The lowest BCUT2D eigenvalue weighted by Crippen LogP contribution is -2.61. The molecule has 0 aromatic rings. The van der Waals surface area contributed by atoms with Gasteiger partial charge in [-0.05, 0) is 38.5 Å². The number of rotatable bonds is 5. The zero-order valence-electron chi connectivity index (χ0n) is 13.1.